The Kier molecular flexibility index (Phi) is 6.31. The van der Waals surface area contributed by atoms with E-state index in [1.165, 1.54) is 6.42 Å². The Balaban J connectivity index is 0.00000192. The number of nitrogens with two attached hydrogens (primary N) is 1. The zero-order valence-corrected chi connectivity index (χ0v) is 14.6. The van der Waals surface area contributed by atoms with Crippen LogP contribution in [0.25, 0.3) is 0 Å². The van der Waals surface area contributed by atoms with E-state index in [1.807, 2.05) is 24.3 Å². The van der Waals surface area contributed by atoms with E-state index in [9.17, 15) is 4.79 Å². The molecule has 2 aliphatic carbocycles. The van der Waals surface area contributed by atoms with Crippen molar-refractivity contribution in [1.29, 1.82) is 0 Å². The van der Waals surface area contributed by atoms with Crippen LogP contribution in [0.15, 0.2) is 24.3 Å². The van der Waals surface area contributed by atoms with Gasteiger partial charge in [-0.2, -0.15) is 0 Å². The van der Waals surface area contributed by atoms with Crippen LogP contribution in [-0.2, 0) is 11.3 Å². The van der Waals surface area contributed by atoms with Gasteiger partial charge in [-0.1, -0.05) is 18.6 Å². The van der Waals surface area contributed by atoms with E-state index in [0.717, 1.165) is 37.0 Å². The van der Waals surface area contributed by atoms with E-state index >= 15 is 0 Å². The van der Waals surface area contributed by atoms with E-state index in [-0.39, 0.29) is 24.4 Å². The molecule has 2 atom stereocenters. The van der Waals surface area contributed by atoms with Crippen LogP contribution >= 0.6 is 12.4 Å². The first-order valence-electron chi connectivity index (χ1n) is 8.35. The first-order valence-corrected chi connectivity index (χ1v) is 8.35. The third kappa shape index (κ3) is 4.61. The number of amides is 1. The maximum atomic E-state index is 12.7. The van der Waals surface area contributed by atoms with Crippen molar-refractivity contribution in [1.82, 2.24) is 4.90 Å². The summed E-state index contributed by atoms with van der Waals surface area (Å²) in [6, 6.07) is 8.65. The van der Waals surface area contributed by atoms with E-state index in [2.05, 4.69) is 4.90 Å². The van der Waals surface area contributed by atoms with Crippen molar-refractivity contribution >= 4 is 18.3 Å². The van der Waals surface area contributed by atoms with Crippen LogP contribution in [-0.4, -0.2) is 30.0 Å². The van der Waals surface area contributed by atoms with Crippen molar-refractivity contribution in [2.24, 2.45) is 11.7 Å². The van der Waals surface area contributed by atoms with Crippen LogP contribution in [0.2, 0.25) is 0 Å². The van der Waals surface area contributed by atoms with E-state index in [4.69, 9.17) is 10.5 Å². The first kappa shape index (κ1) is 18.1. The molecule has 0 bridgehead atoms. The number of carbonyl (C=O) groups excluding carboxylic acids is 1. The molecule has 4 nitrogen and oxygen atoms in total. The molecular weight excluding hydrogens is 312 g/mol. The average Bonchev–Trinajstić information content (AvgIpc) is 3.29. The predicted molar refractivity (Wildman–Crippen MR) is 93.7 cm³/mol. The summed E-state index contributed by atoms with van der Waals surface area (Å²) in [4.78, 5) is 14.8. The summed E-state index contributed by atoms with van der Waals surface area (Å²) < 4.78 is 5.19. The topological polar surface area (TPSA) is 55.6 Å². The smallest absolute Gasteiger partial charge is 0.223 e. The third-order valence-corrected chi connectivity index (χ3v) is 4.97. The SMILES string of the molecule is COc1ccc(CN(C(=O)C[C@@H]2CCC[C@H]2N)C2CC2)cc1.Cl. The van der Waals surface area contributed by atoms with Gasteiger partial charge in [-0.15, -0.1) is 12.4 Å². The minimum absolute atomic E-state index is 0. The Hall–Kier alpha value is -1.26. The van der Waals surface area contributed by atoms with Gasteiger partial charge in [-0.05, 0) is 49.3 Å². The Bertz CT molecular complexity index is 516. The minimum atomic E-state index is 0. The predicted octanol–water partition coefficient (Wildman–Crippen LogP) is 3.13. The van der Waals surface area contributed by atoms with Crippen molar-refractivity contribution in [2.75, 3.05) is 7.11 Å². The van der Waals surface area contributed by atoms with Gasteiger partial charge >= 0.3 is 0 Å². The van der Waals surface area contributed by atoms with Gasteiger partial charge in [-0.3, -0.25) is 4.79 Å². The van der Waals surface area contributed by atoms with Crippen molar-refractivity contribution < 1.29 is 9.53 Å². The highest BCUT2D eigenvalue weighted by Crippen LogP contribution is 2.32. The Morgan fingerprint density at radius 3 is 2.43 bits per heavy atom. The van der Waals surface area contributed by atoms with Crippen LogP contribution in [0.5, 0.6) is 5.75 Å². The summed E-state index contributed by atoms with van der Waals surface area (Å²) >= 11 is 0. The molecule has 0 aromatic heterocycles. The lowest BCUT2D eigenvalue weighted by Crippen LogP contribution is -2.36. The van der Waals surface area contributed by atoms with E-state index in [1.54, 1.807) is 7.11 Å². The normalized spacial score (nSPS) is 23.2. The fourth-order valence-corrected chi connectivity index (χ4v) is 3.40. The fraction of sp³-hybridized carbons (Fsp3) is 0.611. The molecule has 2 N–H and O–H groups in total. The third-order valence-electron chi connectivity index (χ3n) is 4.97. The van der Waals surface area contributed by atoms with Gasteiger partial charge in [0, 0.05) is 25.0 Å². The van der Waals surface area contributed by atoms with Gasteiger partial charge in [0.05, 0.1) is 7.11 Å². The maximum absolute atomic E-state index is 12.7. The molecular formula is C18H27ClN2O2. The quantitative estimate of drug-likeness (QED) is 0.867. The number of carbonyl (C=O) groups is 1. The summed E-state index contributed by atoms with van der Waals surface area (Å²) in [5, 5.41) is 0. The highest BCUT2D eigenvalue weighted by atomic mass is 35.5. The summed E-state index contributed by atoms with van der Waals surface area (Å²) in [5.74, 6) is 1.51. The lowest BCUT2D eigenvalue weighted by molar-refractivity contribution is -0.133. The molecule has 2 saturated carbocycles. The largest absolute Gasteiger partial charge is 0.497 e. The molecule has 0 saturated heterocycles. The average molecular weight is 339 g/mol. The van der Waals surface area contributed by atoms with Gasteiger partial charge in [-0.25, -0.2) is 0 Å². The van der Waals surface area contributed by atoms with Crippen LogP contribution in [0, 0.1) is 5.92 Å². The minimum Gasteiger partial charge on any atom is -0.497 e. The molecule has 0 unspecified atom stereocenters. The van der Waals surface area contributed by atoms with E-state index in [0.29, 0.717) is 24.9 Å². The monoisotopic (exact) mass is 338 g/mol. The lowest BCUT2D eigenvalue weighted by Gasteiger charge is -2.25. The number of hydrogen-bond donors (Lipinski definition) is 1. The lowest BCUT2D eigenvalue weighted by atomic mass is 9.99. The Morgan fingerprint density at radius 1 is 1.22 bits per heavy atom. The number of ether oxygens (including phenoxy) is 1. The molecule has 0 aliphatic heterocycles. The molecule has 2 fully saturated rings. The maximum Gasteiger partial charge on any atom is 0.223 e. The molecule has 23 heavy (non-hydrogen) atoms. The van der Waals surface area contributed by atoms with Crippen molar-refractivity contribution in [3.63, 3.8) is 0 Å². The zero-order valence-electron chi connectivity index (χ0n) is 13.7. The van der Waals surface area contributed by atoms with Crippen LogP contribution < -0.4 is 10.5 Å². The summed E-state index contributed by atoms with van der Waals surface area (Å²) in [6.45, 7) is 0.704. The second-order valence-electron chi connectivity index (χ2n) is 6.66. The zero-order chi connectivity index (χ0) is 15.5. The number of methoxy groups -OCH3 is 1. The summed E-state index contributed by atoms with van der Waals surface area (Å²) in [5.41, 5.74) is 7.28. The van der Waals surface area contributed by atoms with Gasteiger partial charge in [0.25, 0.3) is 0 Å². The van der Waals surface area contributed by atoms with Gasteiger partial charge in [0.2, 0.25) is 5.91 Å². The van der Waals surface area contributed by atoms with E-state index < -0.39 is 0 Å². The molecule has 1 aromatic rings. The summed E-state index contributed by atoms with van der Waals surface area (Å²) in [6.07, 6.45) is 6.24. The fourth-order valence-electron chi connectivity index (χ4n) is 3.40. The van der Waals surface area contributed by atoms with Gasteiger partial charge in [0.15, 0.2) is 0 Å². The molecule has 1 aromatic carbocycles. The Morgan fingerprint density at radius 2 is 1.91 bits per heavy atom. The first-order chi connectivity index (χ1) is 10.7. The van der Waals surface area contributed by atoms with Crippen molar-refractivity contribution in [3.8, 4) is 5.75 Å². The second kappa shape index (κ2) is 8.02. The molecule has 0 radical (unpaired) electrons. The molecule has 1 amide bonds. The van der Waals surface area contributed by atoms with Crippen molar-refractivity contribution in [3.05, 3.63) is 29.8 Å². The van der Waals surface area contributed by atoms with Crippen LogP contribution in [0.4, 0.5) is 0 Å². The number of rotatable bonds is 6. The van der Waals surface area contributed by atoms with Gasteiger partial charge in [0.1, 0.15) is 5.75 Å². The molecule has 0 heterocycles. The molecule has 0 spiro atoms. The number of benzene rings is 1. The number of nitrogens with zero attached hydrogens (tertiary/aromatic N) is 1. The Labute approximate surface area is 144 Å². The van der Waals surface area contributed by atoms with Crippen LogP contribution in [0.3, 0.4) is 0 Å². The molecule has 3 rings (SSSR count). The standard InChI is InChI=1S/C18H26N2O2.ClH/c1-22-16-9-5-13(6-10-16)12-20(15-7-8-15)18(21)11-14-3-2-4-17(14)19;/h5-6,9-10,14-15,17H,2-4,7-8,11-12,19H2,1H3;1H/t14-,17+;/m0./s1. The highest BCUT2D eigenvalue weighted by Gasteiger charge is 2.35. The highest BCUT2D eigenvalue weighted by molar-refractivity contribution is 5.85. The molecule has 5 heteroatoms. The van der Waals surface area contributed by atoms with Crippen molar-refractivity contribution in [2.45, 2.75) is 57.2 Å². The van der Waals surface area contributed by atoms with Gasteiger partial charge < -0.3 is 15.4 Å². The molecule has 128 valence electrons. The second-order valence-corrected chi connectivity index (χ2v) is 6.66. The molecule has 2 aliphatic rings. The number of halogens is 1. The summed E-state index contributed by atoms with van der Waals surface area (Å²) in [7, 11) is 1.67. The number of hydrogen-bond acceptors (Lipinski definition) is 3. The van der Waals surface area contributed by atoms with Crippen LogP contribution in [0.1, 0.15) is 44.1 Å².